The highest BCUT2D eigenvalue weighted by atomic mass is 16.5. The summed E-state index contributed by atoms with van der Waals surface area (Å²) < 4.78 is 4.81. The van der Waals surface area contributed by atoms with Crippen LogP contribution in [0.4, 0.5) is 0 Å². The molecule has 5 nitrogen and oxygen atoms in total. The minimum absolute atomic E-state index is 0.353. The van der Waals surface area contributed by atoms with E-state index in [9.17, 15) is 4.79 Å². The van der Waals surface area contributed by atoms with Gasteiger partial charge in [-0.25, -0.2) is 14.8 Å². The zero-order chi connectivity index (χ0) is 13.0. The maximum atomic E-state index is 11.8. The minimum Gasteiger partial charge on any atom is -0.464 e. The number of aromatic nitrogens is 2. The first kappa shape index (κ1) is 13.0. The quantitative estimate of drug-likeness (QED) is 0.814. The predicted octanol–water partition coefficient (Wildman–Crippen LogP) is 1.25. The molecule has 98 valence electrons. The van der Waals surface area contributed by atoms with Crippen LogP contribution in [-0.2, 0) is 24.1 Å². The van der Waals surface area contributed by atoms with E-state index in [1.54, 1.807) is 0 Å². The van der Waals surface area contributed by atoms with Crippen molar-refractivity contribution in [1.82, 2.24) is 15.3 Å². The van der Waals surface area contributed by atoms with Gasteiger partial charge in [-0.1, -0.05) is 13.3 Å². The number of ether oxygens (including phenoxy) is 1. The number of unbranched alkanes of at least 4 members (excludes halogenated alkanes) is 1. The summed E-state index contributed by atoms with van der Waals surface area (Å²) in [7, 11) is 1.39. The molecule has 2 heterocycles. The number of carbonyl (C=O) groups is 1. The van der Waals surface area contributed by atoms with E-state index in [1.807, 2.05) is 0 Å². The molecule has 0 radical (unpaired) electrons. The van der Waals surface area contributed by atoms with Crippen molar-refractivity contribution in [3.63, 3.8) is 0 Å². The van der Waals surface area contributed by atoms with Gasteiger partial charge < -0.3 is 10.1 Å². The van der Waals surface area contributed by atoms with Gasteiger partial charge in [0.05, 0.1) is 12.8 Å². The molecule has 0 spiro atoms. The lowest BCUT2D eigenvalue weighted by Crippen LogP contribution is -2.28. The fourth-order valence-electron chi connectivity index (χ4n) is 2.12. The van der Waals surface area contributed by atoms with Crippen LogP contribution in [0.25, 0.3) is 0 Å². The van der Waals surface area contributed by atoms with Gasteiger partial charge in [-0.05, 0) is 19.4 Å². The molecular weight excluding hydrogens is 230 g/mol. The number of nitrogens with one attached hydrogen (secondary N) is 1. The Kier molecular flexibility index (Phi) is 4.25. The van der Waals surface area contributed by atoms with Crippen molar-refractivity contribution in [2.75, 3.05) is 13.7 Å². The van der Waals surface area contributed by atoms with Crippen LogP contribution in [0.5, 0.6) is 0 Å². The minimum atomic E-state index is -0.353. The molecule has 18 heavy (non-hydrogen) atoms. The molecule has 0 saturated heterocycles. The molecule has 1 aromatic rings. The standard InChI is InChI=1S/C13H19N3O2/c1-3-4-5-11-15-10-8-14-7-6-9(10)12(16-11)13(17)18-2/h14H,3-8H2,1-2H3. The van der Waals surface area contributed by atoms with E-state index in [0.29, 0.717) is 12.2 Å². The topological polar surface area (TPSA) is 64.1 Å². The Morgan fingerprint density at radius 2 is 2.28 bits per heavy atom. The van der Waals surface area contributed by atoms with Crippen molar-refractivity contribution in [1.29, 1.82) is 0 Å². The smallest absolute Gasteiger partial charge is 0.357 e. The number of hydrogen-bond acceptors (Lipinski definition) is 5. The number of carbonyl (C=O) groups excluding carboxylic acids is 1. The Balaban J connectivity index is 2.37. The molecule has 1 aromatic heterocycles. The van der Waals surface area contributed by atoms with E-state index in [0.717, 1.165) is 49.3 Å². The second-order valence-electron chi connectivity index (χ2n) is 4.44. The number of hydrogen-bond donors (Lipinski definition) is 1. The molecule has 5 heteroatoms. The van der Waals surface area contributed by atoms with Gasteiger partial charge >= 0.3 is 5.97 Å². The van der Waals surface area contributed by atoms with Gasteiger partial charge in [0.1, 0.15) is 5.82 Å². The summed E-state index contributed by atoms with van der Waals surface area (Å²) in [6.07, 6.45) is 3.72. The Bertz CT molecular complexity index is 446. The summed E-state index contributed by atoms with van der Waals surface area (Å²) in [4.78, 5) is 20.7. The summed E-state index contributed by atoms with van der Waals surface area (Å²) in [5.74, 6) is 0.396. The number of methoxy groups -OCH3 is 1. The second-order valence-corrected chi connectivity index (χ2v) is 4.44. The lowest BCUT2D eigenvalue weighted by molar-refractivity contribution is 0.0591. The van der Waals surface area contributed by atoms with Crippen LogP contribution < -0.4 is 5.32 Å². The van der Waals surface area contributed by atoms with Gasteiger partial charge in [-0.15, -0.1) is 0 Å². The van der Waals surface area contributed by atoms with Crippen LogP contribution in [0, 0.1) is 0 Å². The zero-order valence-corrected chi connectivity index (χ0v) is 11.0. The maximum absolute atomic E-state index is 11.8. The van der Waals surface area contributed by atoms with E-state index >= 15 is 0 Å². The van der Waals surface area contributed by atoms with E-state index < -0.39 is 0 Å². The number of esters is 1. The summed E-state index contributed by atoms with van der Waals surface area (Å²) in [6.45, 7) is 3.69. The number of nitrogens with zero attached hydrogens (tertiary/aromatic N) is 2. The van der Waals surface area contributed by atoms with Gasteiger partial charge in [0, 0.05) is 18.5 Å². The highest BCUT2D eigenvalue weighted by Crippen LogP contribution is 2.17. The van der Waals surface area contributed by atoms with E-state index in [4.69, 9.17) is 4.74 Å². The van der Waals surface area contributed by atoms with Crippen LogP contribution in [0.3, 0.4) is 0 Å². The molecule has 1 N–H and O–H groups in total. The van der Waals surface area contributed by atoms with Gasteiger partial charge in [-0.3, -0.25) is 0 Å². The van der Waals surface area contributed by atoms with Crippen LogP contribution in [0.1, 0.15) is 47.3 Å². The highest BCUT2D eigenvalue weighted by molar-refractivity contribution is 5.89. The average Bonchev–Trinajstić information content (AvgIpc) is 2.43. The summed E-state index contributed by atoms with van der Waals surface area (Å²) in [5.41, 5.74) is 2.35. The van der Waals surface area contributed by atoms with E-state index in [1.165, 1.54) is 7.11 Å². The number of rotatable bonds is 4. The van der Waals surface area contributed by atoms with Crippen LogP contribution in [0.15, 0.2) is 0 Å². The molecule has 0 aromatic carbocycles. The highest BCUT2D eigenvalue weighted by Gasteiger charge is 2.22. The van der Waals surface area contributed by atoms with E-state index in [-0.39, 0.29) is 5.97 Å². The van der Waals surface area contributed by atoms with Gasteiger partial charge in [-0.2, -0.15) is 0 Å². The molecule has 0 amide bonds. The fraction of sp³-hybridized carbons (Fsp3) is 0.615. The second kappa shape index (κ2) is 5.91. The maximum Gasteiger partial charge on any atom is 0.357 e. The normalized spacial score (nSPS) is 14.1. The first-order valence-corrected chi connectivity index (χ1v) is 6.44. The molecule has 2 rings (SSSR count). The van der Waals surface area contributed by atoms with Crippen LogP contribution >= 0.6 is 0 Å². The van der Waals surface area contributed by atoms with Crippen molar-refractivity contribution in [3.8, 4) is 0 Å². The van der Waals surface area contributed by atoms with Crippen molar-refractivity contribution in [2.45, 2.75) is 39.2 Å². The van der Waals surface area contributed by atoms with Gasteiger partial charge in [0.15, 0.2) is 5.69 Å². The molecule has 0 fully saturated rings. The molecule has 0 bridgehead atoms. The summed E-state index contributed by atoms with van der Waals surface area (Å²) >= 11 is 0. The molecule has 1 aliphatic rings. The van der Waals surface area contributed by atoms with Crippen molar-refractivity contribution >= 4 is 5.97 Å². The van der Waals surface area contributed by atoms with Crippen molar-refractivity contribution < 1.29 is 9.53 Å². The molecule has 1 aliphatic heterocycles. The monoisotopic (exact) mass is 249 g/mol. The summed E-state index contributed by atoms with van der Waals surface area (Å²) in [6, 6.07) is 0. The Hall–Kier alpha value is -1.49. The average molecular weight is 249 g/mol. The molecule has 0 aliphatic carbocycles. The number of fused-ring (bicyclic) bond motifs is 1. The van der Waals surface area contributed by atoms with Gasteiger partial charge in [0.25, 0.3) is 0 Å². The molecule has 0 atom stereocenters. The largest absolute Gasteiger partial charge is 0.464 e. The Morgan fingerprint density at radius 1 is 1.44 bits per heavy atom. The Morgan fingerprint density at radius 3 is 3.00 bits per heavy atom. The molecular formula is C13H19N3O2. The van der Waals surface area contributed by atoms with Crippen molar-refractivity contribution in [2.24, 2.45) is 0 Å². The third kappa shape index (κ3) is 2.67. The van der Waals surface area contributed by atoms with Crippen LogP contribution in [-0.4, -0.2) is 29.6 Å². The first-order chi connectivity index (χ1) is 8.76. The van der Waals surface area contributed by atoms with E-state index in [2.05, 4.69) is 22.2 Å². The SMILES string of the molecule is CCCCc1nc2c(c(C(=O)OC)n1)CCNC2. The lowest BCUT2D eigenvalue weighted by atomic mass is 10.0. The lowest BCUT2D eigenvalue weighted by Gasteiger charge is -2.19. The van der Waals surface area contributed by atoms with Crippen molar-refractivity contribution in [3.05, 3.63) is 22.8 Å². The third-order valence-corrected chi connectivity index (χ3v) is 3.12. The summed E-state index contributed by atoms with van der Waals surface area (Å²) in [5, 5.41) is 3.27. The zero-order valence-electron chi connectivity index (χ0n) is 11.0. The fourth-order valence-corrected chi connectivity index (χ4v) is 2.12. The predicted molar refractivity (Wildman–Crippen MR) is 67.4 cm³/mol. The Labute approximate surface area is 107 Å². The third-order valence-electron chi connectivity index (χ3n) is 3.12. The molecule has 0 unspecified atom stereocenters. The van der Waals surface area contributed by atoms with Gasteiger partial charge in [0.2, 0.25) is 0 Å². The molecule has 0 saturated carbocycles. The number of aryl methyl sites for hydroxylation is 1. The van der Waals surface area contributed by atoms with Crippen LogP contribution in [0.2, 0.25) is 0 Å². The first-order valence-electron chi connectivity index (χ1n) is 6.44.